The van der Waals surface area contributed by atoms with Crippen molar-refractivity contribution in [3.05, 3.63) is 0 Å². The first-order valence-corrected chi connectivity index (χ1v) is 4.48. The van der Waals surface area contributed by atoms with Gasteiger partial charge in [0, 0.05) is 5.54 Å². The standard InChI is InChI=1S/C10H16N2O3/c1-5-7(13)6-8(11)15-9(14)12-10(2,3)4/h1,8H,6,11H2,2-4H3,(H,12,14). The van der Waals surface area contributed by atoms with Gasteiger partial charge in [0.2, 0.25) is 5.78 Å². The Kier molecular flexibility index (Phi) is 4.82. The number of Topliss-reactive ketones (excluding diaryl/α,β-unsaturated/α-hetero) is 1. The topological polar surface area (TPSA) is 81.4 Å². The Bertz CT molecular complexity index is 286. The molecule has 5 nitrogen and oxygen atoms in total. The van der Waals surface area contributed by atoms with Crippen molar-refractivity contribution in [2.24, 2.45) is 5.73 Å². The SMILES string of the molecule is C#CC(=O)CC(N)OC(=O)NC(C)(C)C. The van der Waals surface area contributed by atoms with E-state index in [1.807, 2.05) is 5.92 Å². The van der Waals surface area contributed by atoms with Crippen LogP contribution in [0.4, 0.5) is 4.79 Å². The maximum Gasteiger partial charge on any atom is 0.409 e. The molecule has 3 N–H and O–H groups in total. The van der Waals surface area contributed by atoms with E-state index in [0.717, 1.165) is 0 Å². The van der Waals surface area contributed by atoms with Crippen LogP contribution in [0.1, 0.15) is 27.2 Å². The first-order valence-electron chi connectivity index (χ1n) is 4.48. The van der Waals surface area contributed by atoms with Crippen LogP contribution in [0.15, 0.2) is 0 Å². The summed E-state index contributed by atoms with van der Waals surface area (Å²) in [6.45, 7) is 5.39. The number of ether oxygens (including phenoxy) is 1. The van der Waals surface area contributed by atoms with Gasteiger partial charge in [0.15, 0.2) is 6.23 Å². The lowest BCUT2D eigenvalue weighted by Gasteiger charge is -2.21. The van der Waals surface area contributed by atoms with Crippen LogP contribution in [0.5, 0.6) is 0 Å². The predicted molar refractivity (Wildman–Crippen MR) is 55.8 cm³/mol. The van der Waals surface area contributed by atoms with E-state index in [2.05, 4.69) is 5.32 Å². The Labute approximate surface area is 89.3 Å². The van der Waals surface area contributed by atoms with Gasteiger partial charge in [-0.2, -0.15) is 0 Å². The van der Waals surface area contributed by atoms with Gasteiger partial charge in [-0.25, -0.2) is 4.79 Å². The monoisotopic (exact) mass is 212 g/mol. The zero-order valence-electron chi connectivity index (χ0n) is 9.16. The molecule has 0 bridgehead atoms. The van der Waals surface area contributed by atoms with Crippen LogP contribution < -0.4 is 11.1 Å². The summed E-state index contributed by atoms with van der Waals surface area (Å²) in [5.41, 5.74) is 4.96. The first-order chi connectivity index (χ1) is 6.74. The molecular formula is C10H16N2O3. The van der Waals surface area contributed by atoms with E-state index in [9.17, 15) is 9.59 Å². The Hall–Kier alpha value is -1.54. The Balaban J connectivity index is 3.98. The Morgan fingerprint density at radius 3 is 2.47 bits per heavy atom. The number of ketones is 1. The number of amides is 1. The van der Waals surface area contributed by atoms with Crippen LogP contribution in [0, 0.1) is 12.3 Å². The molecule has 0 aromatic heterocycles. The smallest absolute Gasteiger partial charge is 0.409 e. The summed E-state index contributed by atoms with van der Waals surface area (Å²) in [6, 6.07) is 0. The van der Waals surface area contributed by atoms with E-state index >= 15 is 0 Å². The fourth-order valence-corrected chi connectivity index (χ4v) is 0.756. The highest BCUT2D eigenvalue weighted by molar-refractivity contribution is 5.95. The zero-order chi connectivity index (χ0) is 12.1. The van der Waals surface area contributed by atoms with Crippen molar-refractivity contribution in [1.82, 2.24) is 5.32 Å². The maximum absolute atomic E-state index is 11.2. The van der Waals surface area contributed by atoms with Crippen molar-refractivity contribution in [2.45, 2.75) is 39.0 Å². The molecule has 0 spiro atoms. The molecule has 5 heteroatoms. The summed E-state index contributed by atoms with van der Waals surface area (Å²) < 4.78 is 4.71. The third kappa shape index (κ3) is 7.52. The van der Waals surface area contributed by atoms with E-state index in [1.54, 1.807) is 20.8 Å². The van der Waals surface area contributed by atoms with Crippen molar-refractivity contribution in [3.8, 4) is 12.3 Å². The quantitative estimate of drug-likeness (QED) is 0.403. The molecule has 0 heterocycles. The molecule has 15 heavy (non-hydrogen) atoms. The molecule has 0 saturated carbocycles. The largest absolute Gasteiger partial charge is 0.430 e. The van der Waals surface area contributed by atoms with Crippen molar-refractivity contribution >= 4 is 11.9 Å². The second-order valence-electron chi connectivity index (χ2n) is 4.09. The summed E-state index contributed by atoms with van der Waals surface area (Å²) in [6.07, 6.45) is 3.00. The fourth-order valence-electron chi connectivity index (χ4n) is 0.756. The maximum atomic E-state index is 11.2. The Morgan fingerprint density at radius 2 is 2.07 bits per heavy atom. The molecule has 0 fully saturated rings. The molecule has 1 amide bonds. The van der Waals surface area contributed by atoms with Gasteiger partial charge < -0.3 is 10.1 Å². The number of carbonyl (C=O) groups is 2. The van der Waals surface area contributed by atoms with Crippen molar-refractivity contribution in [1.29, 1.82) is 0 Å². The van der Waals surface area contributed by atoms with Crippen molar-refractivity contribution in [3.63, 3.8) is 0 Å². The van der Waals surface area contributed by atoms with E-state index in [1.165, 1.54) is 0 Å². The average molecular weight is 212 g/mol. The molecule has 0 saturated heterocycles. The van der Waals surface area contributed by atoms with Gasteiger partial charge in [0.05, 0.1) is 6.42 Å². The number of nitrogens with one attached hydrogen (secondary N) is 1. The number of rotatable bonds is 3. The van der Waals surface area contributed by atoms with Gasteiger partial charge >= 0.3 is 6.09 Å². The van der Waals surface area contributed by atoms with E-state index in [0.29, 0.717) is 0 Å². The van der Waals surface area contributed by atoms with Crippen LogP contribution in [0.2, 0.25) is 0 Å². The normalized spacial score (nSPS) is 12.5. The van der Waals surface area contributed by atoms with Crippen molar-refractivity contribution in [2.75, 3.05) is 0 Å². The minimum atomic E-state index is -1.00. The molecule has 0 rings (SSSR count). The number of alkyl carbamates (subject to hydrolysis) is 1. The van der Waals surface area contributed by atoms with E-state index < -0.39 is 23.6 Å². The van der Waals surface area contributed by atoms with Crippen LogP contribution in [0.3, 0.4) is 0 Å². The van der Waals surface area contributed by atoms with Gasteiger partial charge in [-0.05, 0) is 26.7 Å². The molecular weight excluding hydrogens is 196 g/mol. The number of nitrogens with two attached hydrogens (primary N) is 1. The van der Waals surface area contributed by atoms with Gasteiger partial charge in [-0.1, -0.05) is 0 Å². The molecule has 84 valence electrons. The summed E-state index contributed by atoms with van der Waals surface area (Å²) in [5.74, 6) is 1.39. The average Bonchev–Trinajstić information content (AvgIpc) is 1.99. The molecule has 0 aromatic rings. The van der Waals surface area contributed by atoms with Gasteiger partial charge in [-0.3, -0.25) is 10.5 Å². The van der Waals surface area contributed by atoms with Gasteiger partial charge in [0.25, 0.3) is 0 Å². The van der Waals surface area contributed by atoms with Crippen LogP contribution >= 0.6 is 0 Å². The third-order valence-corrected chi connectivity index (χ3v) is 1.28. The first kappa shape index (κ1) is 13.5. The zero-order valence-corrected chi connectivity index (χ0v) is 9.16. The summed E-state index contributed by atoms with van der Waals surface area (Å²) >= 11 is 0. The Morgan fingerprint density at radius 1 is 1.53 bits per heavy atom. The molecule has 0 aliphatic carbocycles. The highest BCUT2D eigenvalue weighted by atomic mass is 16.6. The fraction of sp³-hybridized carbons (Fsp3) is 0.600. The van der Waals surface area contributed by atoms with Crippen LogP contribution in [-0.4, -0.2) is 23.6 Å². The minimum absolute atomic E-state index is 0.173. The lowest BCUT2D eigenvalue weighted by molar-refractivity contribution is -0.115. The van der Waals surface area contributed by atoms with Gasteiger partial charge in [-0.15, -0.1) is 6.42 Å². The summed E-state index contributed by atoms with van der Waals surface area (Å²) in [4.78, 5) is 21.9. The van der Waals surface area contributed by atoms with E-state index in [4.69, 9.17) is 16.9 Å². The summed E-state index contributed by atoms with van der Waals surface area (Å²) in [7, 11) is 0. The predicted octanol–water partition coefficient (Wildman–Crippen LogP) is 0.388. The lowest BCUT2D eigenvalue weighted by Crippen LogP contribution is -2.44. The third-order valence-electron chi connectivity index (χ3n) is 1.28. The molecule has 0 aromatic carbocycles. The second-order valence-corrected chi connectivity index (χ2v) is 4.09. The van der Waals surface area contributed by atoms with E-state index in [-0.39, 0.29) is 6.42 Å². The second kappa shape index (κ2) is 5.37. The van der Waals surface area contributed by atoms with Crippen molar-refractivity contribution < 1.29 is 14.3 Å². The highest BCUT2D eigenvalue weighted by Crippen LogP contribution is 2.00. The van der Waals surface area contributed by atoms with Gasteiger partial charge in [0.1, 0.15) is 0 Å². The molecule has 1 atom stereocenters. The van der Waals surface area contributed by atoms with Crippen LogP contribution in [0.25, 0.3) is 0 Å². The molecule has 0 aliphatic heterocycles. The number of hydrogen-bond acceptors (Lipinski definition) is 4. The molecule has 0 radical (unpaired) electrons. The number of carbonyl (C=O) groups excluding carboxylic acids is 2. The minimum Gasteiger partial charge on any atom is -0.430 e. The molecule has 0 aliphatic rings. The lowest BCUT2D eigenvalue weighted by atomic mass is 10.1. The number of terminal acetylenes is 1. The molecule has 1 unspecified atom stereocenters. The van der Waals surface area contributed by atoms with Crippen LogP contribution in [-0.2, 0) is 9.53 Å². The number of hydrogen-bond donors (Lipinski definition) is 2. The summed E-state index contributed by atoms with van der Waals surface area (Å²) in [5, 5.41) is 2.54. The highest BCUT2D eigenvalue weighted by Gasteiger charge is 2.18.